The summed E-state index contributed by atoms with van der Waals surface area (Å²) < 4.78 is 0. The standard InChI is InChI=1S/C24H30N4/c1-15-16(2)24(14-28-22-11-7-20(26)8-12-22)18(4)17(3)23(15)13-27-21-9-5-19(25)6-10-21/h5-12,27-28H,13-14,25-26H2,1-4H3. The molecule has 3 aromatic rings. The predicted octanol–water partition coefficient (Wildman–Crippen LogP) is 5.31. The maximum atomic E-state index is 5.78. The van der Waals surface area contributed by atoms with Gasteiger partial charge in [0.1, 0.15) is 0 Å². The SMILES string of the molecule is Cc1c(C)c(CNc2ccc(N)cc2)c(C)c(C)c1CNc1ccc(N)cc1. The summed E-state index contributed by atoms with van der Waals surface area (Å²) in [6, 6.07) is 15.8. The van der Waals surface area contributed by atoms with Crippen LogP contribution in [0.25, 0.3) is 0 Å². The van der Waals surface area contributed by atoms with Gasteiger partial charge in [0.25, 0.3) is 0 Å². The second-order valence-electron chi connectivity index (χ2n) is 7.41. The molecule has 0 atom stereocenters. The van der Waals surface area contributed by atoms with Gasteiger partial charge in [-0.25, -0.2) is 0 Å². The fraction of sp³-hybridized carbons (Fsp3) is 0.250. The van der Waals surface area contributed by atoms with Crippen molar-refractivity contribution in [3.05, 3.63) is 81.9 Å². The first-order valence-corrected chi connectivity index (χ1v) is 9.63. The van der Waals surface area contributed by atoms with E-state index in [-0.39, 0.29) is 0 Å². The van der Waals surface area contributed by atoms with Crippen LogP contribution in [0.2, 0.25) is 0 Å². The van der Waals surface area contributed by atoms with Crippen LogP contribution >= 0.6 is 0 Å². The number of hydrogen-bond acceptors (Lipinski definition) is 4. The molecule has 28 heavy (non-hydrogen) atoms. The highest BCUT2D eigenvalue weighted by atomic mass is 14.9. The van der Waals surface area contributed by atoms with E-state index in [9.17, 15) is 0 Å². The second-order valence-corrected chi connectivity index (χ2v) is 7.41. The van der Waals surface area contributed by atoms with Gasteiger partial charge in [0.2, 0.25) is 0 Å². The molecule has 3 rings (SSSR count). The molecular weight excluding hydrogens is 344 g/mol. The molecular formula is C24H30N4. The summed E-state index contributed by atoms with van der Waals surface area (Å²) in [6.07, 6.45) is 0. The zero-order chi connectivity index (χ0) is 20.3. The zero-order valence-corrected chi connectivity index (χ0v) is 17.2. The fourth-order valence-corrected chi connectivity index (χ4v) is 3.58. The van der Waals surface area contributed by atoms with Crippen LogP contribution in [-0.4, -0.2) is 0 Å². The Bertz CT molecular complexity index is 848. The number of anilines is 4. The molecule has 0 fully saturated rings. The molecule has 0 aliphatic heterocycles. The minimum absolute atomic E-state index is 0.780. The van der Waals surface area contributed by atoms with Crippen molar-refractivity contribution >= 4 is 22.7 Å². The third-order valence-electron chi connectivity index (χ3n) is 5.70. The molecule has 0 aliphatic rings. The summed E-state index contributed by atoms with van der Waals surface area (Å²) in [5, 5.41) is 7.05. The van der Waals surface area contributed by atoms with Crippen molar-refractivity contribution < 1.29 is 0 Å². The lowest BCUT2D eigenvalue weighted by Gasteiger charge is -2.22. The largest absolute Gasteiger partial charge is 0.399 e. The van der Waals surface area contributed by atoms with Crippen molar-refractivity contribution in [1.29, 1.82) is 0 Å². The highest BCUT2D eigenvalue weighted by Crippen LogP contribution is 2.28. The Morgan fingerprint density at radius 3 is 1.11 bits per heavy atom. The Hall–Kier alpha value is -3.14. The summed E-state index contributed by atoms with van der Waals surface area (Å²) in [6.45, 7) is 10.5. The number of nitrogen functional groups attached to an aromatic ring is 2. The molecule has 146 valence electrons. The molecule has 3 aromatic carbocycles. The van der Waals surface area contributed by atoms with Crippen LogP contribution in [0.3, 0.4) is 0 Å². The van der Waals surface area contributed by atoms with Crippen molar-refractivity contribution in [2.75, 3.05) is 22.1 Å². The molecule has 0 radical (unpaired) electrons. The Morgan fingerprint density at radius 2 is 0.821 bits per heavy atom. The lowest BCUT2D eigenvalue weighted by atomic mass is 9.88. The lowest BCUT2D eigenvalue weighted by Crippen LogP contribution is -2.12. The van der Waals surface area contributed by atoms with Crippen molar-refractivity contribution in [2.45, 2.75) is 40.8 Å². The minimum atomic E-state index is 0.780. The van der Waals surface area contributed by atoms with Crippen LogP contribution in [0.15, 0.2) is 48.5 Å². The van der Waals surface area contributed by atoms with Crippen molar-refractivity contribution in [3.63, 3.8) is 0 Å². The monoisotopic (exact) mass is 374 g/mol. The summed E-state index contributed by atoms with van der Waals surface area (Å²) >= 11 is 0. The summed E-state index contributed by atoms with van der Waals surface area (Å²) in [5.74, 6) is 0. The third kappa shape index (κ3) is 4.22. The van der Waals surface area contributed by atoms with Gasteiger partial charge in [-0.3, -0.25) is 0 Å². The molecule has 0 aromatic heterocycles. The van der Waals surface area contributed by atoms with Gasteiger partial charge >= 0.3 is 0 Å². The Morgan fingerprint density at radius 1 is 0.536 bits per heavy atom. The van der Waals surface area contributed by atoms with Crippen molar-refractivity contribution in [3.8, 4) is 0 Å². The molecule has 0 saturated carbocycles. The highest BCUT2D eigenvalue weighted by Gasteiger charge is 2.14. The van der Waals surface area contributed by atoms with E-state index in [1.54, 1.807) is 0 Å². The quantitative estimate of drug-likeness (QED) is 0.441. The second kappa shape index (κ2) is 8.26. The molecule has 0 aliphatic carbocycles. The third-order valence-corrected chi connectivity index (χ3v) is 5.70. The van der Waals surface area contributed by atoms with Crippen LogP contribution in [0.4, 0.5) is 22.7 Å². The van der Waals surface area contributed by atoms with E-state index in [0.717, 1.165) is 35.8 Å². The number of nitrogens with two attached hydrogens (primary N) is 2. The first-order valence-electron chi connectivity index (χ1n) is 9.63. The molecule has 4 heteroatoms. The van der Waals surface area contributed by atoms with Crippen LogP contribution in [0.5, 0.6) is 0 Å². The summed E-state index contributed by atoms with van der Waals surface area (Å²) in [5.41, 5.74) is 23.4. The van der Waals surface area contributed by atoms with Crippen LogP contribution in [0.1, 0.15) is 33.4 Å². The van der Waals surface area contributed by atoms with Gasteiger partial charge in [0.05, 0.1) is 0 Å². The molecule has 0 heterocycles. The Labute approximate surface area is 168 Å². The van der Waals surface area contributed by atoms with E-state index in [1.807, 2.05) is 48.5 Å². The van der Waals surface area contributed by atoms with Gasteiger partial charge in [-0.2, -0.15) is 0 Å². The zero-order valence-electron chi connectivity index (χ0n) is 17.2. The summed E-state index contributed by atoms with van der Waals surface area (Å²) in [7, 11) is 0. The Balaban J connectivity index is 1.80. The normalized spacial score (nSPS) is 10.7. The van der Waals surface area contributed by atoms with Crippen molar-refractivity contribution in [1.82, 2.24) is 0 Å². The van der Waals surface area contributed by atoms with Gasteiger partial charge in [0.15, 0.2) is 0 Å². The maximum Gasteiger partial charge on any atom is 0.0406 e. The van der Waals surface area contributed by atoms with Crippen molar-refractivity contribution in [2.24, 2.45) is 0 Å². The first-order chi connectivity index (χ1) is 13.4. The van der Waals surface area contributed by atoms with Crippen LogP contribution < -0.4 is 22.1 Å². The number of benzene rings is 3. The van der Waals surface area contributed by atoms with E-state index in [1.165, 1.54) is 33.4 Å². The molecule has 0 saturated heterocycles. The van der Waals surface area contributed by atoms with E-state index in [0.29, 0.717) is 0 Å². The first kappa shape index (κ1) is 19.6. The van der Waals surface area contributed by atoms with Gasteiger partial charge in [-0.1, -0.05) is 0 Å². The summed E-state index contributed by atoms with van der Waals surface area (Å²) in [4.78, 5) is 0. The molecule has 6 N–H and O–H groups in total. The van der Waals surface area contributed by atoms with E-state index in [4.69, 9.17) is 11.5 Å². The smallest absolute Gasteiger partial charge is 0.0406 e. The van der Waals surface area contributed by atoms with E-state index < -0.39 is 0 Å². The van der Waals surface area contributed by atoms with E-state index in [2.05, 4.69) is 38.3 Å². The van der Waals surface area contributed by atoms with Gasteiger partial charge < -0.3 is 22.1 Å². The molecule has 4 nitrogen and oxygen atoms in total. The molecule has 0 unspecified atom stereocenters. The van der Waals surface area contributed by atoms with Gasteiger partial charge in [-0.15, -0.1) is 0 Å². The molecule has 0 spiro atoms. The topological polar surface area (TPSA) is 76.1 Å². The fourth-order valence-electron chi connectivity index (χ4n) is 3.58. The van der Waals surface area contributed by atoms with E-state index >= 15 is 0 Å². The maximum absolute atomic E-state index is 5.78. The van der Waals surface area contributed by atoms with Gasteiger partial charge in [-0.05, 0) is 110 Å². The predicted molar refractivity (Wildman–Crippen MR) is 122 cm³/mol. The lowest BCUT2D eigenvalue weighted by molar-refractivity contribution is 1.01. The highest BCUT2D eigenvalue weighted by molar-refractivity contribution is 5.56. The number of rotatable bonds is 6. The Kier molecular flexibility index (Phi) is 5.78. The van der Waals surface area contributed by atoms with Gasteiger partial charge in [0, 0.05) is 35.8 Å². The number of nitrogens with one attached hydrogen (secondary N) is 2. The molecule has 0 bridgehead atoms. The number of hydrogen-bond donors (Lipinski definition) is 4. The average Bonchev–Trinajstić information content (AvgIpc) is 2.69. The molecule has 0 amide bonds. The average molecular weight is 375 g/mol. The minimum Gasteiger partial charge on any atom is -0.399 e. The van der Waals surface area contributed by atoms with Crippen LogP contribution in [0, 0.1) is 27.7 Å². The van der Waals surface area contributed by atoms with Crippen LogP contribution in [-0.2, 0) is 13.1 Å².